The number of benzene rings is 2. The summed E-state index contributed by atoms with van der Waals surface area (Å²) < 4.78 is 17.6. The number of aryl methyl sites for hydroxylation is 1. The van der Waals surface area contributed by atoms with Gasteiger partial charge in [-0.3, -0.25) is 14.9 Å². The van der Waals surface area contributed by atoms with Crippen molar-refractivity contribution in [2.45, 2.75) is 50.7 Å². The molecule has 2 amide bonds. The first kappa shape index (κ1) is 25.1. The fourth-order valence-corrected chi connectivity index (χ4v) is 6.80. The van der Waals surface area contributed by atoms with E-state index < -0.39 is 17.8 Å². The minimum absolute atomic E-state index is 0.00279. The van der Waals surface area contributed by atoms with Crippen molar-refractivity contribution in [2.24, 2.45) is 0 Å². The minimum Gasteiger partial charge on any atom is -0.334 e. The first-order valence-electron chi connectivity index (χ1n) is 13.8. The lowest BCUT2D eigenvalue weighted by Gasteiger charge is -2.26. The van der Waals surface area contributed by atoms with Crippen molar-refractivity contribution in [1.82, 2.24) is 24.8 Å². The van der Waals surface area contributed by atoms with E-state index in [0.29, 0.717) is 33.4 Å². The zero-order valence-electron chi connectivity index (χ0n) is 21.9. The summed E-state index contributed by atoms with van der Waals surface area (Å²) >= 11 is 1.30. The maximum atomic E-state index is 15.6. The first-order chi connectivity index (χ1) is 19.6. The summed E-state index contributed by atoms with van der Waals surface area (Å²) in [5.74, 6) is -0.696. The SMILES string of the molecule is O=C(Nc1nccs1)[C@@H](c1ncn2c1CCC2)N1Cc2c(F)cc(-c3ccc(C4CCNCC4)cc3)cc2C1=O. The molecule has 8 nitrogen and oxygen atoms in total. The van der Waals surface area contributed by atoms with Gasteiger partial charge in [-0.2, -0.15) is 0 Å². The topological polar surface area (TPSA) is 92.2 Å². The molecule has 204 valence electrons. The Morgan fingerprint density at radius 1 is 1.12 bits per heavy atom. The number of imidazole rings is 1. The Bertz CT molecular complexity index is 1580. The summed E-state index contributed by atoms with van der Waals surface area (Å²) in [7, 11) is 0. The number of nitrogens with zero attached hydrogens (tertiary/aromatic N) is 4. The van der Waals surface area contributed by atoms with Crippen LogP contribution in [0.4, 0.5) is 9.52 Å². The lowest BCUT2D eigenvalue weighted by Crippen LogP contribution is -2.38. The second-order valence-corrected chi connectivity index (χ2v) is 11.6. The van der Waals surface area contributed by atoms with E-state index in [4.69, 9.17) is 0 Å². The van der Waals surface area contributed by atoms with Crippen molar-refractivity contribution in [3.8, 4) is 11.1 Å². The number of halogens is 1. The number of carbonyl (C=O) groups is 2. The van der Waals surface area contributed by atoms with Gasteiger partial charge in [-0.25, -0.2) is 14.4 Å². The average molecular weight is 557 g/mol. The standard InChI is InChI=1S/C30H29FN6O2S/c31-24-15-21(19-5-3-18(4-6-19)20-7-9-32-10-8-20)14-22-23(24)16-37(29(22)39)27(28(38)35-30-33-11-13-40-30)26-25-2-1-12-36(25)17-34-26/h3-6,11,13-15,17,20,27,32H,1-2,7-10,12,16H2,(H,33,35,38)/t27-/m1/s1. The number of hydrogen-bond donors (Lipinski definition) is 2. The van der Waals surface area contributed by atoms with Crippen LogP contribution in [-0.4, -0.2) is 44.3 Å². The fraction of sp³-hybridized carbons (Fsp3) is 0.333. The van der Waals surface area contributed by atoms with Gasteiger partial charge in [0.15, 0.2) is 11.2 Å². The van der Waals surface area contributed by atoms with Crippen molar-refractivity contribution in [3.63, 3.8) is 0 Å². The number of amides is 2. The summed E-state index contributed by atoms with van der Waals surface area (Å²) in [5, 5.41) is 8.44. The molecular weight excluding hydrogens is 527 g/mol. The lowest BCUT2D eigenvalue weighted by molar-refractivity contribution is -0.121. The van der Waals surface area contributed by atoms with Crippen molar-refractivity contribution >= 4 is 28.3 Å². The third kappa shape index (κ3) is 4.41. The van der Waals surface area contributed by atoms with Crippen LogP contribution in [0.1, 0.15) is 64.1 Å². The zero-order chi connectivity index (χ0) is 27.2. The molecule has 0 spiro atoms. The molecule has 3 aliphatic rings. The molecular formula is C30H29FN6O2S. The van der Waals surface area contributed by atoms with Crippen LogP contribution in [0.2, 0.25) is 0 Å². The van der Waals surface area contributed by atoms with E-state index in [1.165, 1.54) is 27.9 Å². The largest absolute Gasteiger partial charge is 0.334 e. The maximum absolute atomic E-state index is 15.6. The van der Waals surface area contributed by atoms with E-state index in [1.807, 2.05) is 16.7 Å². The van der Waals surface area contributed by atoms with Crippen LogP contribution in [0.15, 0.2) is 54.3 Å². The zero-order valence-corrected chi connectivity index (χ0v) is 22.7. The monoisotopic (exact) mass is 556 g/mol. The molecule has 0 bridgehead atoms. The number of thiazole rings is 1. The Morgan fingerprint density at radius 3 is 2.73 bits per heavy atom. The Hall–Kier alpha value is -3.89. The van der Waals surface area contributed by atoms with Gasteiger partial charge in [0.1, 0.15) is 5.82 Å². The lowest BCUT2D eigenvalue weighted by atomic mass is 9.89. The summed E-state index contributed by atoms with van der Waals surface area (Å²) in [4.78, 5) is 37.7. The third-order valence-corrected chi connectivity index (χ3v) is 9.03. The Labute approximate surface area is 235 Å². The van der Waals surface area contributed by atoms with E-state index in [9.17, 15) is 9.59 Å². The highest BCUT2D eigenvalue weighted by Gasteiger charge is 2.42. The van der Waals surface area contributed by atoms with Gasteiger partial charge in [0, 0.05) is 34.9 Å². The van der Waals surface area contributed by atoms with Crippen LogP contribution in [0.5, 0.6) is 0 Å². The average Bonchev–Trinajstić information content (AvgIpc) is 3.78. The molecule has 0 aliphatic carbocycles. The number of rotatable bonds is 6. The van der Waals surface area contributed by atoms with Crippen molar-refractivity contribution in [3.05, 3.63) is 88.2 Å². The van der Waals surface area contributed by atoms with Crippen molar-refractivity contribution in [2.75, 3.05) is 18.4 Å². The van der Waals surface area contributed by atoms with Crippen LogP contribution in [0, 0.1) is 5.82 Å². The van der Waals surface area contributed by atoms with Gasteiger partial charge in [0.05, 0.1) is 18.6 Å². The fourth-order valence-electron chi connectivity index (χ4n) is 6.27. The van der Waals surface area contributed by atoms with Gasteiger partial charge in [0.25, 0.3) is 11.8 Å². The third-order valence-electron chi connectivity index (χ3n) is 8.34. The Kier molecular flexibility index (Phi) is 6.44. The number of fused-ring (bicyclic) bond motifs is 2. The normalized spacial score (nSPS) is 17.6. The smallest absolute Gasteiger partial charge is 0.255 e. The number of aromatic nitrogens is 3. The number of anilines is 1. The molecule has 5 heterocycles. The van der Waals surface area contributed by atoms with Crippen LogP contribution in [-0.2, 0) is 24.3 Å². The van der Waals surface area contributed by atoms with Crippen LogP contribution < -0.4 is 10.6 Å². The second-order valence-electron chi connectivity index (χ2n) is 10.7. The molecule has 2 aromatic carbocycles. The van der Waals surface area contributed by atoms with Crippen molar-refractivity contribution < 1.29 is 14.0 Å². The van der Waals surface area contributed by atoms with Gasteiger partial charge < -0.3 is 14.8 Å². The van der Waals surface area contributed by atoms with Gasteiger partial charge in [-0.05, 0) is 73.5 Å². The summed E-state index contributed by atoms with van der Waals surface area (Å²) in [6, 6.07) is 10.5. The molecule has 2 aromatic heterocycles. The van der Waals surface area contributed by atoms with E-state index in [1.54, 1.807) is 24.0 Å². The van der Waals surface area contributed by atoms with E-state index in [2.05, 4.69) is 32.7 Å². The predicted octanol–water partition coefficient (Wildman–Crippen LogP) is 4.89. The van der Waals surface area contributed by atoms with E-state index in [0.717, 1.165) is 56.6 Å². The van der Waals surface area contributed by atoms with Crippen LogP contribution >= 0.6 is 11.3 Å². The minimum atomic E-state index is -0.995. The molecule has 0 saturated carbocycles. The highest BCUT2D eigenvalue weighted by molar-refractivity contribution is 7.13. The van der Waals surface area contributed by atoms with E-state index in [-0.39, 0.29) is 12.5 Å². The highest BCUT2D eigenvalue weighted by atomic mass is 32.1. The second kappa shape index (κ2) is 10.3. The quantitative estimate of drug-likeness (QED) is 0.353. The molecule has 0 unspecified atom stereocenters. The van der Waals surface area contributed by atoms with Crippen LogP contribution in [0.25, 0.3) is 11.1 Å². The number of carbonyl (C=O) groups excluding carboxylic acids is 2. The molecule has 40 heavy (non-hydrogen) atoms. The predicted molar refractivity (Wildman–Crippen MR) is 151 cm³/mol. The summed E-state index contributed by atoms with van der Waals surface area (Å²) in [6.45, 7) is 2.86. The molecule has 1 saturated heterocycles. The maximum Gasteiger partial charge on any atom is 0.255 e. The molecule has 2 N–H and O–H groups in total. The Balaban J connectivity index is 1.20. The highest BCUT2D eigenvalue weighted by Crippen LogP contribution is 2.38. The first-order valence-corrected chi connectivity index (χ1v) is 14.6. The van der Waals surface area contributed by atoms with Gasteiger partial charge in [-0.15, -0.1) is 11.3 Å². The van der Waals surface area contributed by atoms with Gasteiger partial charge in [-0.1, -0.05) is 24.3 Å². The van der Waals surface area contributed by atoms with Crippen LogP contribution in [0.3, 0.4) is 0 Å². The molecule has 1 fully saturated rings. The number of piperidine rings is 1. The molecule has 1 atom stereocenters. The Morgan fingerprint density at radius 2 is 1.95 bits per heavy atom. The number of hydrogen-bond acceptors (Lipinski definition) is 6. The molecule has 0 radical (unpaired) electrons. The molecule has 10 heteroatoms. The molecule has 3 aliphatic heterocycles. The number of nitrogens with one attached hydrogen (secondary N) is 2. The van der Waals surface area contributed by atoms with E-state index >= 15 is 4.39 Å². The summed E-state index contributed by atoms with van der Waals surface area (Å²) in [6.07, 6.45) is 7.27. The van der Waals surface area contributed by atoms with Gasteiger partial charge >= 0.3 is 0 Å². The van der Waals surface area contributed by atoms with Gasteiger partial charge in [0.2, 0.25) is 0 Å². The van der Waals surface area contributed by atoms with Crippen molar-refractivity contribution in [1.29, 1.82) is 0 Å². The molecule has 4 aromatic rings. The molecule has 7 rings (SSSR count). The summed E-state index contributed by atoms with van der Waals surface area (Å²) in [5.41, 5.74) is 4.88.